The standard InChI is InChI=1S/C23H34O4/c1-5-6-7-8-9-10-21(24)26-19-11-12-23(4)14-20-17(13-18(23)16(19)3)15(2)22(25)27-20/h17-20H,2-3,5-14H2,1,4H3/t17-,18+,19-,20-,23-/m1/s1. The van der Waals surface area contributed by atoms with Crippen molar-refractivity contribution < 1.29 is 19.1 Å². The van der Waals surface area contributed by atoms with Gasteiger partial charge in [0.25, 0.3) is 0 Å². The molecule has 0 bridgehead atoms. The maximum absolute atomic E-state index is 12.3. The molecule has 0 unspecified atom stereocenters. The molecular formula is C23H34O4. The lowest BCUT2D eigenvalue weighted by Crippen LogP contribution is -2.47. The summed E-state index contributed by atoms with van der Waals surface area (Å²) >= 11 is 0. The summed E-state index contributed by atoms with van der Waals surface area (Å²) in [5, 5.41) is 0. The molecule has 3 fully saturated rings. The fourth-order valence-electron chi connectivity index (χ4n) is 5.26. The molecule has 1 aliphatic heterocycles. The molecular weight excluding hydrogens is 340 g/mol. The second-order valence-electron chi connectivity index (χ2n) is 8.98. The summed E-state index contributed by atoms with van der Waals surface area (Å²) in [7, 11) is 0. The smallest absolute Gasteiger partial charge is 0.334 e. The average Bonchev–Trinajstić information content (AvgIpc) is 2.89. The first-order chi connectivity index (χ1) is 12.9. The van der Waals surface area contributed by atoms with Crippen LogP contribution in [0.1, 0.15) is 78.1 Å². The first kappa shape index (κ1) is 20.2. The Labute approximate surface area is 163 Å². The van der Waals surface area contributed by atoms with Crippen LogP contribution in [0.2, 0.25) is 0 Å². The van der Waals surface area contributed by atoms with E-state index in [0.717, 1.165) is 44.1 Å². The van der Waals surface area contributed by atoms with Crippen molar-refractivity contribution in [3.8, 4) is 0 Å². The number of hydrogen-bond donors (Lipinski definition) is 0. The van der Waals surface area contributed by atoms with E-state index >= 15 is 0 Å². The monoisotopic (exact) mass is 374 g/mol. The highest BCUT2D eigenvalue weighted by atomic mass is 16.6. The van der Waals surface area contributed by atoms with Crippen molar-refractivity contribution in [1.29, 1.82) is 0 Å². The van der Waals surface area contributed by atoms with Gasteiger partial charge < -0.3 is 9.47 Å². The topological polar surface area (TPSA) is 52.6 Å². The zero-order valence-corrected chi connectivity index (χ0v) is 16.9. The van der Waals surface area contributed by atoms with Crippen molar-refractivity contribution in [2.45, 2.75) is 90.3 Å². The van der Waals surface area contributed by atoms with Crippen molar-refractivity contribution in [2.24, 2.45) is 17.3 Å². The van der Waals surface area contributed by atoms with Gasteiger partial charge in [0.2, 0.25) is 0 Å². The molecule has 4 heteroatoms. The van der Waals surface area contributed by atoms with Gasteiger partial charge >= 0.3 is 11.9 Å². The third-order valence-electron chi connectivity index (χ3n) is 7.01. The van der Waals surface area contributed by atoms with Crippen LogP contribution in [0.5, 0.6) is 0 Å². The van der Waals surface area contributed by atoms with Gasteiger partial charge in [0.15, 0.2) is 0 Å². The highest BCUT2D eigenvalue weighted by Gasteiger charge is 2.54. The van der Waals surface area contributed by atoms with Crippen LogP contribution >= 0.6 is 0 Å². The third kappa shape index (κ3) is 4.14. The van der Waals surface area contributed by atoms with Crippen LogP contribution < -0.4 is 0 Å². The molecule has 0 aromatic rings. The number of carbonyl (C=O) groups is 2. The molecule has 0 N–H and O–H groups in total. The van der Waals surface area contributed by atoms with Crippen LogP contribution in [0.3, 0.4) is 0 Å². The van der Waals surface area contributed by atoms with Crippen LogP contribution in [0.15, 0.2) is 24.3 Å². The second-order valence-corrected chi connectivity index (χ2v) is 8.98. The summed E-state index contributed by atoms with van der Waals surface area (Å²) in [6.07, 6.45) is 9.36. The number of carbonyl (C=O) groups excluding carboxylic acids is 2. The van der Waals surface area contributed by atoms with E-state index in [1.165, 1.54) is 19.3 Å². The van der Waals surface area contributed by atoms with Crippen LogP contribution in [0.4, 0.5) is 0 Å². The predicted molar refractivity (Wildman–Crippen MR) is 105 cm³/mol. The SMILES string of the molecule is C=C1C(=O)O[C@@H]2C[C@@]3(C)CC[C@@H](OC(=O)CCCCCCC)C(=C)[C@@H]3C[C@H]12. The number of fused-ring (bicyclic) bond motifs is 2. The molecule has 27 heavy (non-hydrogen) atoms. The molecule has 1 heterocycles. The first-order valence-corrected chi connectivity index (χ1v) is 10.6. The van der Waals surface area contributed by atoms with Crippen molar-refractivity contribution >= 4 is 11.9 Å². The molecule has 0 aromatic carbocycles. The maximum atomic E-state index is 12.3. The van der Waals surface area contributed by atoms with Gasteiger partial charge in [-0.05, 0) is 49.0 Å². The van der Waals surface area contributed by atoms with Crippen molar-refractivity contribution in [3.63, 3.8) is 0 Å². The third-order valence-corrected chi connectivity index (χ3v) is 7.01. The van der Waals surface area contributed by atoms with Crippen molar-refractivity contribution in [3.05, 3.63) is 24.3 Å². The maximum Gasteiger partial charge on any atom is 0.334 e. The van der Waals surface area contributed by atoms with Crippen LogP contribution in [-0.2, 0) is 19.1 Å². The minimum absolute atomic E-state index is 0.0405. The second kappa shape index (κ2) is 8.20. The Bertz CT molecular complexity index is 622. The fraction of sp³-hybridized carbons (Fsp3) is 0.739. The van der Waals surface area contributed by atoms with E-state index in [9.17, 15) is 9.59 Å². The van der Waals surface area contributed by atoms with Gasteiger partial charge in [-0.1, -0.05) is 52.7 Å². The lowest BCUT2D eigenvalue weighted by Gasteiger charge is -2.51. The van der Waals surface area contributed by atoms with E-state index in [1.54, 1.807) is 0 Å². The quantitative estimate of drug-likeness (QED) is 0.268. The first-order valence-electron chi connectivity index (χ1n) is 10.6. The van der Waals surface area contributed by atoms with Gasteiger partial charge in [-0.25, -0.2) is 4.79 Å². The summed E-state index contributed by atoms with van der Waals surface area (Å²) in [5.41, 5.74) is 1.68. The molecule has 1 saturated heterocycles. The van der Waals surface area contributed by atoms with Gasteiger partial charge in [-0.3, -0.25) is 4.79 Å². The predicted octanol–water partition coefficient (Wildman–Crippen LogP) is 5.12. The number of esters is 2. The summed E-state index contributed by atoms with van der Waals surface area (Å²) in [4.78, 5) is 24.2. The van der Waals surface area contributed by atoms with Gasteiger partial charge in [0.1, 0.15) is 12.2 Å². The molecule has 0 aromatic heterocycles. The molecule has 3 aliphatic rings. The molecule has 5 atom stereocenters. The summed E-state index contributed by atoms with van der Waals surface area (Å²) in [5.74, 6) is -0.0101. The van der Waals surface area contributed by atoms with E-state index in [4.69, 9.17) is 9.47 Å². The molecule has 150 valence electrons. The van der Waals surface area contributed by atoms with Crippen molar-refractivity contribution in [1.82, 2.24) is 0 Å². The highest BCUT2D eigenvalue weighted by molar-refractivity contribution is 5.90. The average molecular weight is 375 g/mol. The molecule has 2 aliphatic carbocycles. The van der Waals surface area contributed by atoms with Gasteiger partial charge in [0.05, 0.1) is 0 Å². The Balaban J connectivity index is 1.56. The fourth-order valence-corrected chi connectivity index (χ4v) is 5.26. The normalized spacial score (nSPS) is 35.4. The number of rotatable bonds is 7. The lowest BCUT2D eigenvalue weighted by molar-refractivity contribution is -0.152. The number of unbranched alkanes of at least 4 members (excludes halogenated alkanes) is 4. The van der Waals surface area contributed by atoms with Crippen LogP contribution in [0.25, 0.3) is 0 Å². The Morgan fingerprint density at radius 2 is 2.00 bits per heavy atom. The minimum atomic E-state index is -0.246. The van der Waals surface area contributed by atoms with E-state index in [1.807, 2.05) is 0 Å². The van der Waals surface area contributed by atoms with Gasteiger partial charge in [-0.15, -0.1) is 0 Å². The minimum Gasteiger partial charge on any atom is -0.458 e. The van der Waals surface area contributed by atoms with E-state index < -0.39 is 0 Å². The van der Waals surface area contributed by atoms with E-state index in [2.05, 4.69) is 27.0 Å². The van der Waals surface area contributed by atoms with E-state index in [-0.39, 0.29) is 41.4 Å². The van der Waals surface area contributed by atoms with Crippen LogP contribution in [-0.4, -0.2) is 24.1 Å². The molecule has 4 nitrogen and oxygen atoms in total. The number of ether oxygens (including phenoxy) is 2. The van der Waals surface area contributed by atoms with Gasteiger partial charge in [0, 0.05) is 17.9 Å². The molecule has 0 spiro atoms. The lowest BCUT2D eigenvalue weighted by atomic mass is 9.55. The Morgan fingerprint density at radius 3 is 2.74 bits per heavy atom. The number of hydrogen-bond acceptors (Lipinski definition) is 4. The molecule has 0 amide bonds. The zero-order chi connectivity index (χ0) is 19.6. The van der Waals surface area contributed by atoms with Gasteiger partial charge in [-0.2, -0.15) is 0 Å². The van der Waals surface area contributed by atoms with E-state index in [0.29, 0.717) is 12.0 Å². The molecule has 0 radical (unpaired) electrons. The molecule has 3 rings (SSSR count). The highest BCUT2D eigenvalue weighted by Crippen LogP contribution is 2.57. The molecule has 2 saturated carbocycles. The summed E-state index contributed by atoms with van der Waals surface area (Å²) in [6, 6.07) is 0. The summed E-state index contributed by atoms with van der Waals surface area (Å²) < 4.78 is 11.3. The zero-order valence-electron chi connectivity index (χ0n) is 16.9. The Hall–Kier alpha value is -1.58. The Kier molecular flexibility index (Phi) is 6.12. The van der Waals surface area contributed by atoms with Crippen molar-refractivity contribution in [2.75, 3.05) is 0 Å². The summed E-state index contributed by atoms with van der Waals surface area (Å²) in [6.45, 7) is 12.7. The largest absolute Gasteiger partial charge is 0.458 e. The van der Waals surface area contributed by atoms with Crippen LogP contribution in [0, 0.1) is 17.3 Å². The Morgan fingerprint density at radius 1 is 1.26 bits per heavy atom.